The van der Waals surface area contributed by atoms with Crippen molar-refractivity contribution in [3.63, 3.8) is 0 Å². The lowest BCUT2D eigenvalue weighted by Gasteiger charge is -2.09. The fourth-order valence-corrected chi connectivity index (χ4v) is 1.68. The van der Waals surface area contributed by atoms with Gasteiger partial charge in [-0.3, -0.25) is 9.59 Å². The fourth-order valence-electron chi connectivity index (χ4n) is 1.46. The van der Waals surface area contributed by atoms with Crippen molar-refractivity contribution in [3.8, 4) is 0 Å². The van der Waals surface area contributed by atoms with Crippen molar-refractivity contribution in [1.82, 2.24) is 9.78 Å². The Morgan fingerprint density at radius 2 is 2.39 bits per heavy atom. The van der Waals surface area contributed by atoms with Crippen LogP contribution in [0, 0.1) is 5.92 Å². The number of carbonyl (C=O) groups is 1. The first-order valence-electron chi connectivity index (χ1n) is 5.68. The summed E-state index contributed by atoms with van der Waals surface area (Å²) in [4.78, 5) is 22.9. The zero-order valence-corrected chi connectivity index (χ0v) is 10.7. The highest BCUT2D eigenvalue weighted by molar-refractivity contribution is 6.32. The molecule has 0 amide bonds. The second kappa shape index (κ2) is 5.39. The van der Waals surface area contributed by atoms with E-state index in [1.54, 1.807) is 0 Å². The summed E-state index contributed by atoms with van der Waals surface area (Å²) in [5.41, 5.74) is 0.0116. The molecular weight excluding hydrogens is 258 g/mol. The molecule has 1 aliphatic carbocycles. The molecule has 1 aromatic rings. The topological polar surface area (TPSA) is 73.2 Å². The molecule has 1 heterocycles. The number of carbonyl (C=O) groups excluding carboxylic acids is 1. The van der Waals surface area contributed by atoms with Gasteiger partial charge in [-0.2, -0.15) is 5.10 Å². The molecule has 6 nitrogen and oxygen atoms in total. The van der Waals surface area contributed by atoms with Crippen molar-refractivity contribution in [1.29, 1.82) is 0 Å². The molecule has 0 aromatic carbocycles. The zero-order chi connectivity index (χ0) is 13.1. The quantitative estimate of drug-likeness (QED) is 0.805. The van der Waals surface area contributed by atoms with E-state index >= 15 is 0 Å². The Morgan fingerprint density at radius 3 is 3.00 bits per heavy atom. The van der Waals surface area contributed by atoms with Gasteiger partial charge in [0.1, 0.15) is 11.6 Å². The summed E-state index contributed by atoms with van der Waals surface area (Å²) in [5, 5.41) is 7.02. The minimum Gasteiger partial charge on any atom is -0.468 e. The molecule has 2 rings (SSSR count). The van der Waals surface area contributed by atoms with Crippen molar-refractivity contribution in [2.75, 3.05) is 19.0 Å². The molecule has 0 spiro atoms. The van der Waals surface area contributed by atoms with Crippen LogP contribution in [0.4, 0.5) is 5.69 Å². The van der Waals surface area contributed by atoms with E-state index in [0.717, 1.165) is 11.2 Å². The molecule has 0 radical (unpaired) electrons. The van der Waals surface area contributed by atoms with Crippen molar-refractivity contribution >= 4 is 23.3 Å². The molecule has 1 fully saturated rings. The van der Waals surface area contributed by atoms with Crippen LogP contribution in [0.25, 0.3) is 0 Å². The number of esters is 1. The van der Waals surface area contributed by atoms with Gasteiger partial charge >= 0.3 is 5.97 Å². The van der Waals surface area contributed by atoms with Crippen LogP contribution in [-0.4, -0.2) is 29.4 Å². The van der Waals surface area contributed by atoms with E-state index in [2.05, 4.69) is 15.2 Å². The van der Waals surface area contributed by atoms with Gasteiger partial charge in [0.2, 0.25) is 0 Å². The number of nitrogens with one attached hydrogen (secondary N) is 1. The molecule has 0 unspecified atom stereocenters. The van der Waals surface area contributed by atoms with E-state index in [-0.39, 0.29) is 11.6 Å². The number of hydrogen-bond acceptors (Lipinski definition) is 5. The van der Waals surface area contributed by atoms with Crippen LogP contribution in [0.15, 0.2) is 11.0 Å². The van der Waals surface area contributed by atoms with Crippen molar-refractivity contribution < 1.29 is 9.53 Å². The van der Waals surface area contributed by atoms with Crippen molar-refractivity contribution in [2.24, 2.45) is 5.92 Å². The van der Waals surface area contributed by atoms with Crippen LogP contribution in [0.2, 0.25) is 5.02 Å². The predicted molar refractivity (Wildman–Crippen MR) is 66.7 cm³/mol. The van der Waals surface area contributed by atoms with Gasteiger partial charge in [-0.1, -0.05) is 11.6 Å². The third-order valence-corrected chi connectivity index (χ3v) is 3.13. The molecule has 0 bridgehead atoms. The summed E-state index contributed by atoms with van der Waals surface area (Å²) in [5.74, 6) is 0.123. The molecule has 1 N–H and O–H groups in total. The maximum absolute atomic E-state index is 11.8. The SMILES string of the molecule is COC(=O)Cn1ncc(NCC2CC2)c(Cl)c1=O. The molecule has 1 aliphatic rings. The highest BCUT2D eigenvalue weighted by Gasteiger charge is 2.21. The van der Waals surface area contributed by atoms with Gasteiger partial charge in [0.05, 0.1) is 19.0 Å². The molecule has 0 atom stereocenters. The largest absolute Gasteiger partial charge is 0.468 e. The molecule has 1 saturated carbocycles. The van der Waals surface area contributed by atoms with E-state index in [1.165, 1.54) is 26.1 Å². The Kier molecular flexibility index (Phi) is 3.86. The molecule has 98 valence electrons. The second-order valence-corrected chi connectivity index (χ2v) is 4.61. The predicted octanol–water partition coefficient (Wildman–Crippen LogP) is 0.892. The van der Waals surface area contributed by atoms with Gasteiger partial charge < -0.3 is 10.1 Å². The Labute approximate surface area is 109 Å². The lowest BCUT2D eigenvalue weighted by Crippen LogP contribution is -2.28. The third kappa shape index (κ3) is 3.01. The third-order valence-electron chi connectivity index (χ3n) is 2.77. The number of rotatable bonds is 5. The number of anilines is 1. The standard InChI is InChI=1S/C11H14ClN3O3/c1-18-9(16)6-15-11(17)10(12)8(5-14-15)13-4-7-2-3-7/h5,7,13H,2-4,6H2,1H3. The monoisotopic (exact) mass is 271 g/mol. The number of methoxy groups -OCH3 is 1. The highest BCUT2D eigenvalue weighted by atomic mass is 35.5. The van der Waals surface area contributed by atoms with Crippen LogP contribution in [0.5, 0.6) is 0 Å². The smallest absolute Gasteiger partial charge is 0.327 e. The summed E-state index contributed by atoms with van der Waals surface area (Å²) in [7, 11) is 1.25. The molecular formula is C11H14ClN3O3. The Morgan fingerprint density at radius 1 is 1.67 bits per heavy atom. The maximum Gasteiger partial charge on any atom is 0.327 e. The molecule has 7 heteroatoms. The number of aromatic nitrogens is 2. The Hall–Kier alpha value is -1.56. The number of halogens is 1. The average Bonchev–Trinajstić information content (AvgIpc) is 3.18. The van der Waals surface area contributed by atoms with Gasteiger partial charge in [-0.25, -0.2) is 4.68 Å². The van der Waals surface area contributed by atoms with Gasteiger partial charge in [0.25, 0.3) is 5.56 Å². The lowest BCUT2D eigenvalue weighted by atomic mass is 10.4. The zero-order valence-electron chi connectivity index (χ0n) is 9.98. The van der Waals surface area contributed by atoms with Crippen LogP contribution in [-0.2, 0) is 16.1 Å². The van der Waals surface area contributed by atoms with Crippen LogP contribution in [0.1, 0.15) is 12.8 Å². The van der Waals surface area contributed by atoms with Crippen molar-refractivity contribution in [2.45, 2.75) is 19.4 Å². The van der Waals surface area contributed by atoms with Crippen molar-refractivity contribution in [3.05, 3.63) is 21.6 Å². The summed E-state index contributed by atoms with van der Waals surface area (Å²) in [6, 6.07) is 0. The highest BCUT2D eigenvalue weighted by Crippen LogP contribution is 2.29. The fraction of sp³-hybridized carbons (Fsp3) is 0.545. The lowest BCUT2D eigenvalue weighted by molar-refractivity contribution is -0.141. The molecule has 18 heavy (non-hydrogen) atoms. The summed E-state index contributed by atoms with van der Waals surface area (Å²) in [6.45, 7) is 0.555. The van der Waals surface area contributed by atoms with Gasteiger partial charge in [0.15, 0.2) is 0 Å². The second-order valence-electron chi connectivity index (χ2n) is 4.24. The average molecular weight is 272 g/mol. The van der Waals surface area contributed by atoms with E-state index in [9.17, 15) is 9.59 Å². The molecule has 0 aliphatic heterocycles. The molecule has 1 aromatic heterocycles. The first kappa shape index (κ1) is 12.9. The minimum absolute atomic E-state index is 0.0505. The first-order chi connectivity index (χ1) is 8.61. The minimum atomic E-state index is -0.542. The Bertz CT molecular complexity index is 511. The van der Waals surface area contributed by atoms with E-state index in [1.807, 2.05) is 0 Å². The van der Waals surface area contributed by atoms with Crippen LogP contribution < -0.4 is 10.9 Å². The van der Waals surface area contributed by atoms with E-state index in [4.69, 9.17) is 11.6 Å². The van der Waals surface area contributed by atoms with E-state index in [0.29, 0.717) is 11.6 Å². The number of nitrogens with zero attached hydrogens (tertiary/aromatic N) is 2. The first-order valence-corrected chi connectivity index (χ1v) is 6.06. The maximum atomic E-state index is 11.8. The van der Waals surface area contributed by atoms with Crippen LogP contribution in [0.3, 0.4) is 0 Å². The summed E-state index contributed by atoms with van der Waals surface area (Å²) < 4.78 is 5.45. The van der Waals surface area contributed by atoms with Gasteiger partial charge in [0, 0.05) is 6.54 Å². The Balaban J connectivity index is 2.12. The summed E-state index contributed by atoms with van der Waals surface area (Å²) >= 11 is 5.94. The van der Waals surface area contributed by atoms with E-state index < -0.39 is 11.5 Å². The van der Waals surface area contributed by atoms with Gasteiger partial charge in [-0.15, -0.1) is 0 Å². The molecule has 0 saturated heterocycles. The van der Waals surface area contributed by atoms with Crippen LogP contribution >= 0.6 is 11.6 Å². The summed E-state index contributed by atoms with van der Waals surface area (Å²) in [6.07, 6.45) is 3.87. The van der Waals surface area contributed by atoms with Gasteiger partial charge in [-0.05, 0) is 18.8 Å². The number of ether oxygens (including phenoxy) is 1. The normalized spacial score (nSPS) is 14.3. The number of hydrogen-bond donors (Lipinski definition) is 1.